The Morgan fingerprint density at radius 1 is 1.00 bits per heavy atom. The summed E-state index contributed by atoms with van der Waals surface area (Å²) in [4.78, 5) is 9.49. The summed E-state index contributed by atoms with van der Waals surface area (Å²) in [6, 6.07) is 14.6. The van der Waals surface area contributed by atoms with Crippen molar-refractivity contribution in [1.29, 1.82) is 0 Å². The minimum absolute atomic E-state index is 0.103. The highest BCUT2D eigenvalue weighted by Crippen LogP contribution is 2.33. The van der Waals surface area contributed by atoms with E-state index in [0.717, 1.165) is 34.6 Å². The van der Waals surface area contributed by atoms with Crippen molar-refractivity contribution in [2.75, 3.05) is 0 Å². The normalized spacial score (nSPS) is 12.3. The van der Waals surface area contributed by atoms with E-state index < -0.39 is 0 Å². The molecule has 1 unspecified atom stereocenters. The molecule has 0 N–H and O–H groups in total. The van der Waals surface area contributed by atoms with Gasteiger partial charge in [-0.15, -0.1) is 0 Å². The molecule has 136 valence electrons. The Kier molecular flexibility index (Phi) is 4.59. The maximum atomic E-state index is 4.75. The minimum Gasteiger partial charge on any atom is -0.321 e. The zero-order valence-corrected chi connectivity index (χ0v) is 15.9. The third-order valence-electron chi connectivity index (χ3n) is 4.94. The van der Waals surface area contributed by atoms with Crippen LogP contribution in [-0.4, -0.2) is 24.3 Å². The highest BCUT2D eigenvalue weighted by molar-refractivity contribution is 5.77. The number of hydrogen-bond donors (Lipinski definition) is 0. The summed E-state index contributed by atoms with van der Waals surface area (Å²) in [6.45, 7) is 4.30. The molecule has 5 nitrogen and oxygen atoms in total. The van der Waals surface area contributed by atoms with Crippen molar-refractivity contribution in [2.24, 2.45) is 7.05 Å². The molecule has 0 radical (unpaired) electrons. The van der Waals surface area contributed by atoms with Crippen LogP contribution < -0.4 is 0 Å². The van der Waals surface area contributed by atoms with Gasteiger partial charge in [0.05, 0.1) is 35.6 Å². The molecule has 5 heteroatoms. The molecular formula is C22H23N5. The summed E-state index contributed by atoms with van der Waals surface area (Å²) in [7, 11) is 1.94. The third-order valence-corrected chi connectivity index (χ3v) is 4.94. The van der Waals surface area contributed by atoms with Crippen molar-refractivity contribution in [2.45, 2.75) is 26.3 Å². The van der Waals surface area contributed by atoms with E-state index in [4.69, 9.17) is 9.97 Å². The van der Waals surface area contributed by atoms with Gasteiger partial charge in [0.1, 0.15) is 0 Å². The number of aromatic nitrogens is 5. The lowest BCUT2D eigenvalue weighted by Gasteiger charge is -2.16. The Morgan fingerprint density at radius 3 is 2.44 bits per heavy atom. The number of aryl methyl sites for hydroxylation is 2. The van der Waals surface area contributed by atoms with Crippen molar-refractivity contribution in [3.63, 3.8) is 0 Å². The van der Waals surface area contributed by atoms with Crippen molar-refractivity contribution >= 4 is 0 Å². The molecule has 4 rings (SSSR count). The van der Waals surface area contributed by atoms with Crippen LogP contribution in [-0.2, 0) is 13.5 Å². The predicted octanol–water partition coefficient (Wildman–Crippen LogP) is 4.52. The Bertz CT molecular complexity index is 1030. The van der Waals surface area contributed by atoms with Gasteiger partial charge in [0.2, 0.25) is 0 Å². The molecule has 1 atom stereocenters. The Labute approximate surface area is 159 Å². The van der Waals surface area contributed by atoms with Gasteiger partial charge >= 0.3 is 0 Å². The van der Waals surface area contributed by atoms with Gasteiger partial charge in [-0.1, -0.05) is 43.3 Å². The van der Waals surface area contributed by atoms with Gasteiger partial charge in [-0.25, -0.2) is 4.98 Å². The monoisotopic (exact) mass is 357 g/mol. The van der Waals surface area contributed by atoms with Gasteiger partial charge < -0.3 is 4.57 Å². The molecule has 0 fully saturated rings. The first kappa shape index (κ1) is 17.2. The van der Waals surface area contributed by atoms with Crippen LogP contribution in [0.1, 0.15) is 31.0 Å². The lowest BCUT2D eigenvalue weighted by Crippen LogP contribution is -2.07. The van der Waals surface area contributed by atoms with Crippen LogP contribution in [0.25, 0.3) is 22.6 Å². The summed E-state index contributed by atoms with van der Waals surface area (Å²) in [6.07, 6.45) is 8.79. The van der Waals surface area contributed by atoms with Gasteiger partial charge in [-0.2, -0.15) is 5.10 Å². The maximum absolute atomic E-state index is 4.75. The van der Waals surface area contributed by atoms with E-state index >= 15 is 0 Å². The number of pyridine rings is 1. The van der Waals surface area contributed by atoms with E-state index in [2.05, 4.69) is 47.8 Å². The SMILES string of the molecule is CCc1ccc(-c2c(-c3ccccc3)ncn2C(C)c2cnn(C)c2)nc1. The number of rotatable bonds is 5. The molecule has 0 aliphatic carbocycles. The minimum atomic E-state index is 0.103. The second kappa shape index (κ2) is 7.19. The molecule has 0 bridgehead atoms. The number of hydrogen-bond acceptors (Lipinski definition) is 3. The number of nitrogens with zero attached hydrogens (tertiary/aromatic N) is 5. The van der Waals surface area contributed by atoms with Gasteiger partial charge in [-0.3, -0.25) is 9.67 Å². The predicted molar refractivity (Wildman–Crippen MR) is 107 cm³/mol. The molecule has 1 aromatic carbocycles. The van der Waals surface area contributed by atoms with Crippen LogP contribution >= 0.6 is 0 Å². The Morgan fingerprint density at radius 2 is 1.81 bits per heavy atom. The summed E-state index contributed by atoms with van der Waals surface area (Å²) in [5, 5.41) is 4.32. The zero-order valence-electron chi connectivity index (χ0n) is 15.9. The molecule has 4 aromatic rings. The molecule has 0 spiro atoms. The summed E-state index contributed by atoms with van der Waals surface area (Å²) >= 11 is 0. The van der Waals surface area contributed by atoms with Crippen LogP contribution in [0.3, 0.4) is 0 Å². The Balaban J connectivity index is 1.87. The van der Waals surface area contributed by atoms with Crippen LogP contribution in [0.4, 0.5) is 0 Å². The molecule has 0 saturated heterocycles. The fraction of sp³-hybridized carbons (Fsp3) is 0.227. The van der Waals surface area contributed by atoms with Crippen molar-refractivity contribution in [3.05, 3.63) is 78.5 Å². The second-order valence-electron chi connectivity index (χ2n) is 6.74. The van der Waals surface area contributed by atoms with Gasteiger partial charge in [-0.05, 0) is 25.0 Å². The molecule has 27 heavy (non-hydrogen) atoms. The van der Waals surface area contributed by atoms with Gasteiger partial charge in [0.15, 0.2) is 0 Å². The van der Waals surface area contributed by atoms with E-state index in [1.54, 1.807) is 0 Å². The summed E-state index contributed by atoms with van der Waals surface area (Å²) < 4.78 is 4.02. The highest BCUT2D eigenvalue weighted by Gasteiger charge is 2.20. The van der Waals surface area contributed by atoms with Crippen LogP contribution in [0.15, 0.2) is 67.4 Å². The van der Waals surface area contributed by atoms with E-state index in [-0.39, 0.29) is 6.04 Å². The van der Waals surface area contributed by atoms with Gasteiger partial charge in [0, 0.05) is 30.6 Å². The van der Waals surface area contributed by atoms with E-state index in [9.17, 15) is 0 Å². The third kappa shape index (κ3) is 3.28. The topological polar surface area (TPSA) is 48.5 Å². The van der Waals surface area contributed by atoms with Crippen LogP contribution in [0.5, 0.6) is 0 Å². The van der Waals surface area contributed by atoms with E-state index in [1.807, 2.05) is 54.8 Å². The first-order chi connectivity index (χ1) is 13.2. The second-order valence-corrected chi connectivity index (χ2v) is 6.74. The van der Waals surface area contributed by atoms with Crippen molar-refractivity contribution in [1.82, 2.24) is 24.3 Å². The van der Waals surface area contributed by atoms with Crippen LogP contribution in [0, 0.1) is 0 Å². The maximum Gasteiger partial charge on any atom is 0.0979 e. The lowest BCUT2D eigenvalue weighted by molar-refractivity contribution is 0.642. The largest absolute Gasteiger partial charge is 0.321 e. The number of imidazole rings is 1. The molecule has 0 aliphatic rings. The quantitative estimate of drug-likeness (QED) is 0.528. The first-order valence-electron chi connectivity index (χ1n) is 9.23. The van der Waals surface area contributed by atoms with E-state index in [0.29, 0.717) is 0 Å². The first-order valence-corrected chi connectivity index (χ1v) is 9.23. The average Bonchev–Trinajstić information content (AvgIpc) is 3.35. The van der Waals surface area contributed by atoms with Crippen molar-refractivity contribution in [3.8, 4) is 22.6 Å². The molecule has 0 saturated carbocycles. The van der Waals surface area contributed by atoms with Crippen LogP contribution in [0.2, 0.25) is 0 Å². The van der Waals surface area contributed by atoms with Gasteiger partial charge in [0.25, 0.3) is 0 Å². The average molecular weight is 357 g/mol. The van der Waals surface area contributed by atoms with Crippen molar-refractivity contribution < 1.29 is 0 Å². The highest BCUT2D eigenvalue weighted by atomic mass is 15.2. The molecule has 0 aliphatic heterocycles. The molecule has 0 amide bonds. The molecule has 3 aromatic heterocycles. The number of benzene rings is 1. The lowest BCUT2D eigenvalue weighted by atomic mass is 10.1. The smallest absolute Gasteiger partial charge is 0.0979 e. The molecular weight excluding hydrogens is 334 g/mol. The summed E-state index contributed by atoms with van der Waals surface area (Å²) in [5.74, 6) is 0. The van der Waals surface area contributed by atoms with E-state index in [1.165, 1.54) is 5.56 Å². The Hall–Kier alpha value is -3.21. The fourth-order valence-electron chi connectivity index (χ4n) is 3.31. The zero-order chi connectivity index (χ0) is 18.8. The fourth-order valence-corrected chi connectivity index (χ4v) is 3.31. The summed E-state index contributed by atoms with van der Waals surface area (Å²) in [5.41, 5.74) is 6.36. The molecule has 3 heterocycles. The standard InChI is InChI=1S/C22H23N5/c1-4-17-10-11-20(23-12-17)22-21(18-8-6-5-7-9-18)24-15-27(22)16(2)19-13-25-26(3)14-19/h5-16H,4H2,1-3H3.